The number of thiophene rings is 1. The van der Waals surface area contributed by atoms with Crippen molar-refractivity contribution in [2.75, 3.05) is 71.2 Å². The van der Waals surface area contributed by atoms with Crippen molar-refractivity contribution in [3.05, 3.63) is 29.3 Å². The third-order valence-corrected chi connectivity index (χ3v) is 18.6. The molecule has 0 fully saturated rings. The van der Waals surface area contributed by atoms with Crippen molar-refractivity contribution in [3.63, 3.8) is 0 Å². The minimum atomic E-state index is -1.53. The Bertz CT molecular complexity index is 3570. The van der Waals surface area contributed by atoms with E-state index in [4.69, 9.17) is 95.2 Å². The lowest BCUT2D eigenvalue weighted by Gasteiger charge is -2.28. The van der Waals surface area contributed by atoms with E-state index in [1.807, 2.05) is 0 Å². The van der Waals surface area contributed by atoms with Gasteiger partial charge in [0.2, 0.25) is 65.0 Å². The highest BCUT2D eigenvalue weighted by Crippen LogP contribution is 2.27. The van der Waals surface area contributed by atoms with Gasteiger partial charge in [0, 0.05) is 77.9 Å². The van der Waals surface area contributed by atoms with Crippen LogP contribution in [0.5, 0.6) is 0 Å². The van der Waals surface area contributed by atoms with Gasteiger partial charge in [0.15, 0.2) is 41.7 Å². The number of rotatable bonds is 62. The summed E-state index contributed by atoms with van der Waals surface area (Å²) in [5.41, 5.74) is 56.3. The van der Waals surface area contributed by atoms with E-state index in [-0.39, 0.29) is 197 Å². The first-order valence-electron chi connectivity index (χ1n) is 38.9. The van der Waals surface area contributed by atoms with Crippen LogP contribution in [0.25, 0.3) is 10.6 Å². The molecule has 654 valence electrons. The highest BCUT2D eigenvalue weighted by atomic mass is 32.1. The zero-order valence-electron chi connectivity index (χ0n) is 66.2. The minimum Gasteiger partial charge on any atom is -0.370 e. The van der Waals surface area contributed by atoms with Gasteiger partial charge in [-0.05, 0) is 160 Å². The van der Waals surface area contributed by atoms with Crippen molar-refractivity contribution >= 4 is 124 Å². The van der Waals surface area contributed by atoms with Crippen molar-refractivity contribution in [2.45, 2.75) is 209 Å². The molecule has 2 heterocycles. The summed E-state index contributed by atoms with van der Waals surface area (Å²) in [4.78, 5) is 162. The number of hydrogen-bond donors (Lipinski definition) is 34. The number of amides is 11. The van der Waals surface area contributed by atoms with Crippen LogP contribution < -0.4 is 148 Å². The van der Waals surface area contributed by atoms with Gasteiger partial charge in [0.05, 0.1) is 15.4 Å². The molecule has 0 saturated carbocycles. The molecule has 0 radical (unpaired) electrons. The van der Waals surface area contributed by atoms with Gasteiger partial charge in [-0.1, -0.05) is 12.8 Å². The van der Waals surface area contributed by atoms with Crippen LogP contribution in [-0.4, -0.2) is 230 Å². The molecule has 0 unspecified atom stereocenters. The van der Waals surface area contributed by atoms with Gasteiger partial charge >= 0.3 is 0 Å². The second kappa shape index (κ2) is 58.4. The number of nitrogen functional groups attached to an aromatic ring is 1. The van der Waals surface area contributed by atoms with Crippen molar-refractivity contribution in [2.24, 2.45) is 51.6 Å². The predicted octanol–water partition coefficient (Wildman–Crippen LogP) is -6.91. The fourth-order valence-corrected chi connectivity index (χ4v) is 12.3. The van der Waals surface area contributed by atoms with Crippen molar-refractivity contribution in [1.29, 1.82) is 37.9 Å². The van der Waals surface area contributed by atoms with Crippen LogP contribution in [0, 0.1) is 37.9 Å². The molecule has 48 heteroatoms. The van der Waals surface area contributed by atoms with Gasteiger partial charge in [0.1, 0.15) is 48.3 Å². The second-order valence-electron chi connectivity index (χ2n) is 27.3. The van der Waals surface area contributed by atoms with Gasteiger partial charge in [-0.2, -0.15) is 0 Å². The van der Waals surface area contributed by atoms with E-state index in [2.05, 4.69) is 100 Å². The van der Waals surface area contributed by atoms with Crippen LogP contribution in [0.15, 0.2) is 24.4 Å². The van der Waals surface area contributed by atoms with Crippen LogP contribution in [0.1, 0.15) is 170 Å². The summed E-state index contributed by atoms with van der Waals surface area (Å²) in [6.45, 7) is 1.36. The van der Waals surface area contributed by atoms with Gasteiger partial charge in [-0.3, -0.25) is 90.6 Å². The number of primary amides is 1. The molecule has 0 saturated heterocycles. The first-order chi connectivity index (χ1) is 55.7. The molecular formula is C69H126N36O11S. The van der Waals surface area contributed by atoms with Crippen LogP contribution in [-0.2, 0) is 47.9 Å². The number of nitrogens with two attached hydrogens (primary N) is 10. The number of aromatic nitrogens is 2. The SMILES string of the molecule is N=C(N)NCCC[C@H](NC(=O)CCCCCNC(=O)[C@@H](CCCNC(=N)N)NC(=O)CCCCCNC(=O)c1ccc(-c2ccnc(N)n2)s1)C(=O)N[C@@H](CCCNC(=N)N)C(=O)N[C@@H](CCCNC(=N)N)C(=O)N[C@@H](CCCNC(=N)N)C(=O)N[C@@H](CCCNC(=N)N)C(=O)N[C@@H](CCCNC(=N)N)C(=O)N[C@@H](CCCCN)C(N)=O. The average Bonchev–Trinajstić information content (AvgIpc) is 1.75. The highest BCUT2D eigenvalue weighted by Gasteiger charge is 2.35. The first kappa shape index (κ1) is 101. The molecule has 0 aliphatic rings. The maximum absolute atomic E-state index is 14.8. The average molecular weight is 1670 g/mol. The number of anilines is 1. The molecular weight excluding hydrogens is 1540 g/mol. The molecule has 2 aromatic rings. The summed E-state index contributed by atoms with van der Waals surface area (Å²) < 4.78 is 0. The van der Waals surface area contributed by atoms with Crippen LogP contribution >= 0.6 is 11.3 Å². The summed E-state index contributed by atoms with van der Waals surface area (Å²) in [7, 11) is 0. The third-order valence-electron chi connectivity index (χ3n) is 17.5. The molecule has 2 aromatic heterocycles. The summed E-state index contributed by atoms with van der Waals surface area (Å²) in [6, 6.07) is -5.60. The quantitative estimate of drug-likeness (QED) is 0.0166. The monoisotopic (exact) mass is 1670 g/mol. The molecule has 0 aromatic carbocycles. The van der Waals surface area contributed by atoms with Gasteiger partial charge < -0.3 is 148 Å². The minimum absolute atomic E-state index is 0.00531. The van der Waals surface area contributed by atoms with E-state index in [0.29, 0.717) is 75.0 Å². The topological polar surface area (TPSA) is 845 Å². The Morgan fingerprint density at radius 3 is 0.923 bits per heavy atom. The molecule has 11 amide bonds. The molecule has 8 atom stereocenters. The molecule has 0 bridgehead atoms. The highest BCUT2D eigenvalue weighted by molar-refractivity contribution is 7.17. The van der Waals surface area contributed by atoms with Gasteiger partial charge in [-0.15, -0.1) is 11.3 Å². The standard InChI is InChI=1S/C69H126N36O11S/c70-29-6-5-16-41(53(71)108)99-56(111)44(19-11-34-91-64(76)77)101-58(113)46(21-13-36-93-66(80)81)103-60(115)48(23-15-38-95-68(84)85)104-59(114)47(22-14-37-94-67(82)83)102-57(112)45(20-12-35-92-65(78)79)100-55(110)43(18-10-33-90-63(74)75)98-52(107)25-3-1-7-30-87-54(109)42(17-9-32-89-62(72)73)97-51(106)24-4-2-8-31-88-61(116)50-27-26-49(117-50)40-28-39-96-69(86)105-40/h26-28,39,41-48H,1-25,29-38,70H2,(H2,71,108)(H,87,109)(H,88,116)(H,97,106)(H,98,107)(H,99,111)(H,100,110)(H,101,113)(H,102,112)(H,103,115)(H,104,114)(H4,72,73,89)(H4,74,75,90)(H4,76,77,91)(H4,78,79,92)(H4,80,81,93)(H4,82,83,94)(H4,84,85,95)(H2,86,96,105)/t41-,42+,43-,44-,45-,46-,47-,48-/m0/s1. The smallest absolute Gasteiger partial charge is 0.261 e. The second-order valence-corrected chi connectivity index (χ2v) is 28.4. The molecule has 0 aliphatic heterocycles. The number of hydrogen-bond acceptors (Lipinski definition) is 23. The fraction of sp³-hybridized carbons (Fsp3) is 0.623. The van der Waals surface area contributed by atoms with E-state index in [1.165, 1.54) is 17.5 Å². The lowest BCUT2D eigenvalue weighted by molar-refractivity contribution is -0.136. The van der Waals surface area contributed by atoms with Crippen LogP contribution in [0.2, 0.25) is 0 Å². The zero-order valence-corrected chi connectivity index (χ0v) is 67.1. The van der Waals surface area contributed by atoms with E-state index in [0.717, 1.165) is 4.88 Å². The molecule has 0 spiro atoms. The molecule has 44 N–H and O–H groups in total. The van der Waals surface area contributed by atoms with E-state index in [1.54, 1.807) is 18.2 Å². The number of carbonyl (C=O) groups is 11. The van der Waals surface area contributed by atoms with Crippen molar-refractivity contribution < 1.29 is 52.7 Å². The van der Waals surface area contributed by atoms with E-state index < -0.39 is 125 Å². The third kappa shape index (κ3) is 47.2. The van der Waals surface area contributed by atoms with Crippen LogP contribution in [0.3, 0.4) is 0 Å². The van der Waals surface area contributed by atoms with E-state index >= 15 is 0 Å². The molecule has 117 heavy (non-hydrogen) atoms. The number of carbonyl (C=O) groups excluding carboxylic acids is 11. The Labute approximate surface area is 683 Å². The maximum Gasteiger partial charge on any atom is 0.261 e. The van der Waals surface area contributed by atoms with E-state index in [9.17, 15) is 52.7 Å². The van der Waals surface area contributed by atoms with Gasteiger partial charge in [0.25, 0.3) is 5.91 Å². The molecule has 47 nitrogen and oxygen atoms in total. The maximum atomic E-state index is 14.8. The summed E-state index contributed by atoms with van der Waals surface area (Å²) in [5.74, 6) is -10.4. The predicted molar refractivity (Wildman–Crippen MR) is 444 cm³/mol. The number of guanidine groups is 7. The Morgan fingerprint density at radius 1 is 0.325 bits per heavy atom. The largest absolute Gasteiger partial charge is 0.370 e. The zero-order chi connectivity index (χ0) is 87.0. The summed E-state index contributed by atoms with van der Waals surface area (Å²) >= 11 is 1.26. The lowest BCUT2D eigenvalue weighted by Crippen LogP contribution is -2.60. The molecule has 0 aliphatic carbocycles. The first-order valence-corrected chi connectivity index (χ1v) is 39.7. The Hall–Kier alpha value is -12.4. The number of unbranched alkanes of at least 4 members (excludes halogenated alkanes) is 5. The normalized spacial score (nSPS) is 12.8. The lowest BCUT2D eigenvalue weighted by atomic mass is 10.0. The number of nitrogens with one attached hydrogen (secondary N) is 24. The fourth-order valence-electron chi connectivity index (χ4n) is 11.4. The van der Waals surface area contributed by atoms with Gasteiger partial charge in [-0.25, -0.2) is 9.97 Å². The summed E-state index contributed by atoms with van der Waals surface area (Å²) in [6.07, 6.45) is 5.73. The van der Waals surface area contributed by atoms with Crippen molar-refractivity contribution in [1.82, 2.24) is 100 Å². The Balaban J connectivity index is 2.38. The Morgan fingerprint density at radius 2 is 0.615 bits per heavy atom. The summed E-state index contributed by atoms with van der Waals surface area (Å²) in [5, 5.41) is 99.1. The van der Waals surface area contributed by atoms with Crippen LogP contribution in [0.4, 0.5) is 5.95 Å². The molecule has 2 rings (SSSR count). The number of nitrogens with zero attached hydrogens (tertiary/aromatic N) is 2. The Kier molecular flexibility index (Phi) is 50.3. The van der Waals surface area contributed by atoms with Crippen molar-refractivity contribution in [3.8, 4) is 10.6 Å².